The lowest BCUT2D eigenvalue weighted by Gasteiger charge is -2.35. The summed E-state index contributed by atoms with van der Waals surface area (Å²) in [6.07, 6.45) is 3.87. The van der Waals surface area contributed by atoms with E-state index in [1.54, 1.807) is 24.3 Å². The van der Waals surface area contributed by atoms with Crippen molar-refractivity contribution in [1.29, 1.82) is 0 Å². The van der Waals surface area contributed by atoms with Gasteiger partial charge in [-0.3, -0.25) is 4.79 Å². The van der Waals surface area contributed by atoms with Crippen LogP contribution in [0.3, 0.4) is 0 Å². The topological polar surface area (TPSA) is 133 Å². The monoisotopic (exact) mass is 442 g/mol. The van der Waals surface area contributed by atoms with Crippen molar-refractivity contribution in [2.75, 3.05) is 6.54 Å². The Morgan fingerprint density at radius 3 is 1.91 bits per heavy atom. The molecule has 0 saturated carbocycles. The number of hydrogen-bond acceptors (Lipinski definition) is 5. The number of amides is 1. The summed E-state index contributed by atoms with van der Waals surface area (Å²) < 4.78 is 0. The van der Waals surface area contributed by atoms with Crippen LogP contribution in [0.25, 0.3) is 0 Å². The predicted molar refractivity (Wildman–Crippen MR) is 124 cm³/mol. The highest BCUT2D eigenvalue weighted by atomic mass is 16.4. The maximum absolute atomic E-state index is 12.7. The SMILES string of the molecule is CCCC(CCC(=O)N[C@@H](CCCCN)C(=O)O)(c1ccc(O)cc1)c1ccc(O)cc1. The number of unbranched alkanes of at least 4 members (excludes halogenated alkanes) is 1. The molecule has 0 unspecified atom stereocenters. The zero-order valence-electron chi connectivity index (χ0n) is 18.6. The van der Waals surface area contributed by atoms with E-state index in [1.807, 2.05) is 24.3 Å². The molecule has 0 radical (unpaired) electrons. The van der Waals surface area contributed by atoms with Gasteiger partial charge in [-0.2, -0.15) is 0 Å². The summed E-state index contributed by atoms with van der Waals surface area (Å²) in [4.78, 5) is 24.3. The molecule has 0 fully saturated rings. The minimum Gasteiger partial charge on any atom is -0.508 e. The van der Waals surface area contributed by atoms with Crippen molar-refractivity contribution < 1.29 is 24.9 Å². The summed E-state index contributed by atoms with van der Waals surface area (Å²) in [5.41, 5.74) is 6.86. The molecule has 2 aromatic carbocycles. The van der Waals surface area contributed by atoms with E-state index in [9.17, 15) is 24.9 Å². The van der Waals surface area contributed by atoms with Gasteiger partial charge in [0.15, 0.2) is 0 Å². The molecule has 2 rings (SSSR count). The van der Waals surface area contributed by atoms with E-state index in [0.717, 1.165) is 24.0 Å². The normalized spacial score (nSPS) is 12.3. The zero-order valence-corrected chi connectivity index (χ0v) is 18.6. The Balaban J connectivity index is 2.27. The highest BCUT2D eigenvalue weighted by molar-refractivity contribution is 5.83. The number of phenolic OH excluding ortho intramolecular Hbond substituents is 2. The van der Waals surface area contributed by atoms with Gasteiger partial charge in [-0.05, 0) is 74.0 Å². The number of hydrogen-bond donors (Lipinski definition) is 5. The Hall–Kier alpha value is -3.06. The van der Waals surface area contributed by atoms with Crippen molar-refractivity contribution in [2.45, 2.75) is 63.3 Å². The largest absolute Gasteiger partial charge is 0.508 e. The van der Waals surface area contributed by atoms with Crippen LogP contribution in [0.5, 0.6) is 11.5 Å². The molecule has 174 valence electrons. The molecule has 6 N–H and O–H groups in total. The maximum atomic E-state index is 12.7. The van der Waals surface area contributed by atoms with E-state index >= 15 is 0 Å². The average molecular weight is 443 g/mol. The van der Waals surface area contributed by atoms with Crippen molar-refractivity contribution in [1.82, 2.24) is 5.32 Å². The number of carbonyl (C=O) groups is 2. The van der Waals surface area contributed by atoms with E-state index in [0.29, 0.717) is 32.2 Å². The van der Waals surface area contributed by atoms with E-state index in [-0.39, 0.29) is 23.8 Å². The predicted octanol–water partition coefficient (Wildman–Crippen LogP) is 3.66. The Morgan fingerprint density at radius 2 is 1.47 bits per heavy atom. The van der Waals surface area contributed by atoms with Gasteiger partial charge >= 0.3 is 5.97 Å². The average Bonchev–Trinajstić information content (AvgIpc) is 2.77. The first-order chi connectivity index (χ1) is 15.3. The van der Waals surface area contributed by atoms with Crippen LogP contribution in [0.15, 0.2) is 48.5 Å². The lowest BCUT2D eigenvalue weighted by atomic mass is 9.68. The molecule has 0 aromatic heterocycles. The first-order valence-electron chi connectivity index (χ1n) is 11.1. The van der Waals surface area contributed by atoms with Crippen molar-refractivity contribution in [2.24, 2.45) is 5.73 Å². The number of aliphatic carboxylic acids is 1. The smallest absolute Gasteiger partial charge is 0.326 e. The van der Waals surface area contributed by atoms with Crippen LogP contribution < -0.4 is 11.1 Å². The molecule has 0 heterocycles. The van der Waals surface area contributed by atoms with Crippen LogP contribution in [0.4, 0.5) is 0 Å². The van der Waals surface area contributed by atoms with Crippen molar-refractivity contribution in [3.8, 4) is 11.5 Å². The van der Waals surface area contributed by atoms with Gasteiger partial charge in [0.2, 0.25) is 5.91 Å². The molecule has 0 aliphatic heterocycles. The highest BCUT2D eigenvalue weighted by Crippen LogP contribution is 2.42. The lowest BCUT2D eigenvalue weighted by molar-refractivity contribution is -0.142. The number of aromatic hydroxyl groups is 2. The molecule has 0 spiro atoms. The fourth-order valence-electron chi connectivity index (χ4n) is 4.20. The molecule has 7 nitrogen and oxygen atoms in total. The number of carboxylic acids is 1. The summed E-state index contributed by atoms with van der Waals surface area (Å²) in [6.45, 7) is 2.55. The number of nitrogens with two attached hydrogens (primary N) is 1. The van der Waals surface area contributed by atoms with E-state index in [1.165, 1.54) is 0 Å². The molecular formula is C25H34N2O5. The van der Waals surface area contributed by atoms with Gasteiger partial charge in [-0.15, -0.1) is 0 Å². The fourth-order valence-corrected chi connectivity index (χ4v) is 4.20. The van der Waals surface area contributed by atoms with Gasteiger partial charge in [0, 0.05) is 11.8 Å². The first-order valence-corrected chi connectivity index (χ1v) is 11.1. The molecule has 0 saturated heterocycles. The van der Waals surface area contributed by atoms with Crippen LogP contribution in [0.1, 0.15) is 63.0 Å². The Labute approximate surface area is 189 Å². The molecule has 0 aliphatic carbocycles. The number of phenols is 2. The van der Waals surface area contributed by atoms with E-state index in [2.05, 4.69) is 12.2 Å². The molecule has 2 aromatic rings. The molecule has 0 bridgehead atoms. The summed E-state index contributed by atoms with van der Waals surface area (Å²) >= 11 is 0. The van der Waals surface area contributed by atoms with Crippen LogP contribution in [-0.2, 0) is 15.0 Å². The lowest BCUT2D eigenvalue weighted by Crippen LogP contribution is -2.41. The molecule has 0 aliphatic rings. The summed E-state index contributed by atoms with van der Waals surface area (Å²) in [5.74, 6) is -1.05. The second kappa shape index (κ2) is 12.1. The van der Waals surface area contributed by atoms with E-state index in [4.69, 9.17) is 5.73 Å². The Bertz CT molecular complexity index is 819. The molecular weight excluding hydrogens is 408 g/mol. The molecule has 7 heteroatoms. The summed E-state index contributed by atoms with van der Waals surface area (Å²) in [5, 5.41) is 31.6. The standard InChI is InChI=1S/C25H34N2O5/c1-2-15-25(18-6-10-20(28)11-7-18,19-8-12-21(29)13-9-19)16-14-23(30)27-22(24(31)32)5-3-4-17-26/h6-13,22,28-29H,2-5,14-17,26H2,1H3,(H,27,30)(H,31,32)/t22-/m0/s1. The van der Waals surface area contributed by atoms with Gasteiger partial charge in [0.1, 0.15) is 17.5 Å². The zero-order chi connectivity index (χ0) is 23.6. The molecule has 1 atom stereocenters. The Morgan fingerprint density at radius 1 is 0.938 bits per heavy atom. The van der Waals surface area contributed by atoms with Gasteiger partial charge < -0.3 is 26.4 Å². The maximum Gasteiger partial charge on any atom is 0.326 e. The second-order valence-electron chi connectivity index (χ2n) is 8.17. The van der Waals surface area contributed by atoms with Gasteiger partial charge in [-0.1, -0.05) is 37.6 Å². The fraction of sp³-hybridized carbons (Fsp3) is 0.440. The quantitative estimate of drug-likeness (QED) is 0.301. The number of nitrogens with one attached hydrogen (secondary N) is 1. The van der Waals surface area contributed by atoms with Gasteiger partial charge in [0.25, 0.3) is 0 Å². The van der Waals surface area contributed by atoms with E-state index < -0.39 is 17.4 Å². The molecule has 32 heavy (non-hydrogen) atoms. The molecule has 1 amide bonds. The van der Waals surface area contributed by atoms with Crippen molar-refractivity contribution >= 4 is 11.9 Å². The van der Waals surface area contributed by atoms with Crippen LogP contribution >= 0.6 is 0 Å². The minimum absolute atomic E-state index is 0.141. The number of benzene rings is 2. The first kappa shape index (κ1) is 25.2. The number of carbonyl (C=O) groups excluding carboxylic acids is 1. The van der Waals surface area contributed by atoms with Crippen molar-refractivity contribution in [3.05, 3.63) is 59.7 Å². The van der Waals surface area contributed by atoms with Gasteiger partial charge in [0.05, 0.1) is 0 Å². The second-order valence-corrected chi connectivity index (χ2v) is 8.17. The van der Waals surface area contributed by atoms with Crippen molar-refractivity contribution in [3.63, 3.8) is 0 Å². The highest BCUT2D eigenvalue weighted by Gasteiger charge is 2.34. The summed E-state index contributed by atoms with van der Waals surface area (Å²) in [7, 11) is 0. The number of rotatable bonds is 13. The van der Waals surface area contributed by atoms with Crippen LogP contribution in [0, 0.1) is 0 Å². The third kappa shape index (κ3) is 6.72. The Kier molecular flexibility index (Phi) is 9.53. The van der Waals surface area contributed by atoms with Crippen LogP contribution in [-0.4, -0.2) is 39.8 Å². The third-order valence-corrected chi connectivity index (χ3v) is 5.88. The minimum atomic E-state index is -1.05. The summed E-state index contributed by atoms with van der Waals surface area (Å²) in [6, 6.07) is 13.0. The number of carboxylic acid groups (broad SMARTS) is 1. The van der Waals surface area contributed by atoms with Crippen LogP contribution in [0.2, 0.25) is 0 Å². The third-order valence-electron chi connectivity index (χ3n) is 5.88. The van der Waals surface area contributed by atoms with Gasteiger partial charge in [-0.25, -0.2) is 4.79 Å².